The van der Waals surface area contributed by atoms with E-state index in [1.165, 1.54) is 0 Å². The molecular weight excluding hydrogens is 264 g/mol. The Balaban J connectivity index is 3.91. The Kier molecular flexibility index (Phi) is 9.15. The molecule has 0 radical (unpaired) electrons. The highest BCUT2D eigenvalue weighted by molar-refractivity contribution is 5.82. The van der Waals surface area contributed by atoms with E-state index in [0.29, 0.717) is 26.0 Å². The summed E-state index contributed by atoms with van der Waals surface area (Å²) < 4.78 is 4.74. The molecule has 3 N–H and O–H groups in total. The van der Waals surface area contributed by atoms with Gasteiger partial charge in [-0.3, -0.25) is 4.79 Å². The van der Waals surface area contributed by atoms with Gasteiger partial charge in [0.2, 0.25) is 0 Å². The summed E-state index contributed by atoms with van der Waals surface area (Å²) >= 11 is 0. The van der Waals surface area contributed by atoms with Gasteiger partial charge in [0.25, 0.3) is 0 Å². The van der Waals surface area contributed by atoms with E-state index in [1.807, 2.05) is 13.8 Å². The number of carboxylic acids is 1. The normalized spacial score (nSPS) is 11.8. The highest BCUT2D eigenvalue weighted by Gasteiger charge is 2.20. The summed E-state index contributed by atoms with van der Waals surface area (Å²) in [4.78, 5) is 33.5. The molecular formula is C13H24N2O5. The van der Waals surface area contributed by atoms with E-state index >= 15 is 0 Å². The van der Waals surface area contributed by atoms with Crippen LogP contribution in [-0.2, 0) is 14.3 Å². The van der Waals surface area contributed by atoms with Crippen LogP contribution in [0.5, 0.6) is 0 Å². The number of nitrogens with one attached hydrogen (secondary N) is 2. The zero-order chi connectivity index (χ0) is 15.5. The zero-order valence-electron chi connectivity index (χ0n) is 12.3. The molecule has 7 heteroatoms. The number of urea groups is 1. The van der Waals surface area contributed by atoms with Crippen LogP contribution in [0.1, 0.15) is 40.0 Å². The fourth-order valence-corrected chi connectivity index (χ4v) is 1.57. The summed E-state index contributed by atoms with van der Waals surface area (Å²) in [5.41, 5.74) is 0. The molecule has 0 fully saturated rings. The molecule has 0 aliphatic heterocycles. The zero-order valence-corrected chi connectivity index (χ0v) is 12.3. The Morgan fingerprint density at radius 1 is 1.25 bits per heavy atom. The number of ether oxygens (including phenoxy) is 1. The van der Waals surface area contributed by atoms with Gasteiger partial charge in [0, 0.05) is 13.0 Å². The number of hydrogen-bond acceptors (Lipinski definition) is 4. The predicted octanol–water partition coefficient (Wildman–Crippen LogP) is 1.13. The van der Waals surface area contributed by atoms with Crippen molar-refractivity contribution in [1.82, 2.24) is 10.6 Å². The number of carbonyl (C=O) groups excluding carboxylic acids is 2. The molecule has 0 saturated carbocycles. The van der Waals surface area contributed by atoms with Crippen LogP contribution in [0.15, 0.2) is 0 Å². The van der Waals surface area contributed by atoms with E-state index in [1.54, 1.807) is 6.92 Å². The van der Waals surface area contributed by atoms with Gasteiger partial charge in [0.05, 0.1) is 6.61 Å². The standard InChI is InChI=1S/C13H24N2O5/c1-4-20-11(16)6-5-7-14-13(19)15-10(12(17)18)8-9(2)3/h9-10H,4-8H2,1-3H3,(H,17,18)(H2,14,15,19)/t10-/m1/s1. The lowest BCUT2D eigenvalue weighted by Crippen LogP contribution is -2.46. The maximum absolute atomic E-state index is 11.5. The van der Waals surface area contributed by atoms with Crippen molar-refractivity contribution < 1.29 is 24.2 Å². The van der Waals surface area contributed by atoms with Crippen LogP contribution in [0.3, 0.4) is 0 Å². The fraction of sp³-hybridized carbons (Fsp3) is 0.769. The second-order valence-corrected chi connectivity index (χ2v) is 4.83. The molecule has 0 heterocycles. The second kappa shape index (κ2) is 10.1. The molecule has 0 aromatic rings. The van der Waals surface area contributed by atoms with Gasteiger partial charge in [-0.25, -0.2) is 9.59 Å². The first kappa shape index (κ1) is 18.2. The van der Waals surface area contributed by atoms with Crippen LogP contribution >= 0.6 is 0 Å². The summed E-state index contributed by atoms with van der Waals surface area (Å²) in [5.74, 6) is -1.20. The molecule has 0 aliphatic carbocycles. The molecule has 0 aliphatic rings. The van der Waals surface area contributed by atoms with Crippen molar-refractivity contribution in [2.75, 3.05) is 13.2 Å². The summed E-state index contributed by atoms with van der Waals surface area (Å²) in [7, 11) is 0. The molecule has 0 saturated heterocycles. The minimum Gasteiger partial charge on any atom is -0.480 e. The highest BCUT2D eigenvalue weighted by Crippen LogP contribution is 2.04. The van der Waals surface area contributed by atoms with Gasteiger partial charge in [0.1, 0.15) is 6.04 Å². The Labute approximate surface area is 119 Å². The maximum atomic E-state index is 11.5. The molecule has 20 heavy (non-hydrogen) atoms. The third kappa shape index (κ3) is 9.18. The third-order valence-corrected chi connectivity index (χ3v) is 2.46. The molecule has 0 aromatic heterocycles. The van der Waals surface area contributed by atoms with E-state index in [9.17, 15) is 14.4 Å². The summed E-state index contributed by atoms with van der Waals surface area (Å²) in [6, 6.07) is -1.44. The van der Waals surface area contributed by atoms with Crippen LogP contribution in [0.2, 0.25) is 0 Å². The van der Waals surface area contributed by atoms with Gasteiger partial charge >= 0.3 is 18.0 Å². The number of esters is 1. The first-order valence-electron chi connectivity index (χ1n) is 6.79. The average Bonchev–Trinajstić information content (AvgIpc) is 2.33. The van der Waals surface area contributed by atoms with Crippen molar-refractivity contribution in [1.29, 1.82) is 0 Å². The van der Waals surface area contributed by atoms with Gasteiger partial charge in [-0.15, -0.1) is 0 Å². The van der Waals surface area contributed by atoms with Crippen LogP contribution in [0, 0.1) is 5.92 Å². The molecule has 0 unspecified atom stereocenters. The van der Waals surface area contributed by atoms with E-state index in [4.69, 9.17) is 9.84 Å². The quantitative estimate of drug-likeness (QED) is 0.436. The van der Waals surface area contributed by atoms with Crippen molar-refractivity contribution in [3.63, 3.8) is 0 Å². The van der Waals surface area contributed by atoms with Crippen LogP contribution < -0.4 is 10.6 Å². The largest absolute Gasteiger partial charge is 0.480 e. The summed E-state index contributed by atoms with van der Waals surface area (Å²) in [5, 5.41) is 13.9. The van der Waals surface area contributed by atoms with Crippen molar-refractivity contribution >= 4 is 18.0 Å². The van der Waals surface area contributed by atoms with E-state index in [2.05, 4.69) is 10.6 Å². The van der Waals surface area contributed by atoms with Crippen molar-refractivity contribution in [3.05, 3.63) is 0 Å². The lowest BCUT2D eigenvalue weighted by Gasteiger charge is -2.16. The molecule has 2 amide bonds. The van der Waals surface area contributed by atoms with Gasteiger partial charge in [-0.1, -0.05) is 13.8 Å². The monoisotopic (exact) mass is 288 g/mol. The minimum atomic E-state index is -1.06. The van der Waals surface area contributed by atoms with E-state index < -0.39 is 18.0 Å². The number of aliphatic carboxylic acids is 1. The van der Waals surface area contributed by atoms with Gasteiger partial charge < -0.3 is 20.5 Å². The van der Waals surface area contributed by atoms with Crippen molar-refractivity contribution in [2.45, 2.75) is 46.1 Å². The minimum absolute atomic E-state index is 0.167. The number of amides is 2. The first-order chi connectivity index (χ1) is 9.36. The molecule has 0 rings (SSSR count). The maximum Gasteiger partial charge on any atom is 0.326 e. The van der Waals surface area contributed by atoms with Gasteiger partial charge in [-0.2, -0.15) is 0 Å². The highest BCUT2D eigenvalue weighted by atomic mass is 16.5. The molecule has 7 nitrogen and oxygen atoms in total. The lowest BCUT2D eigenvalue weighted by atomic mass is 10.0. The van der Waals surface area contributed by atoms with Crippen LogP contribution in [0.4, 0.5) is 4.79 Å². The summed E-state index contributed by atoms with van der Waals surface area (Å²) in [6.07, 6.45) is 1.04. The molecule has 0 spiro atoms. The number of carboxylic acid groups (broad SMARTS) is 1. The van der Waals surface area contributed by atoms with E-state index in [0.717, 1.165) is 0 Å². The predicted molar refractivity (Wildman–Crippen MR) is 73.3 cm³/mol. The lowest BCUT2D eigenvalue weighted by molar-refractivity contribution is -0.143. The molecule has 0 bridgehead atoms. The number of rotatable bonds is 9. The number of carbonyl (C=O) groups is 3. The van der Waals surface area contributed by atoms with Crippen molar-refractivity contribution in [2.24, 2.45) is 5.92 Å². The van der Waals surface area contributed by atoms with Gasteiger partial charge in [-0.05, 0) is 25.7 Å². The molecule has 116 valence electrons. The van der Waals surface area contributed by atoms with Gasteiger partial charge in [0.15, 0.2) is 0 Å². The van der Waals surface area contributed by atoms with E-state index in [-0.39, 0.29) is 18.3 Å². The Hall–Kier alpha value is -1.79. The second-order valence-electron chi connectivity index (χ2n) is 4.83. The third-order valence-electron chi connectivity index (χ3n) is 2.46. The molecule has 0 aromatic carbocycles. The first-order valence-corrected chi connectivity index (χ1v) is 6.79. The fourth-order valence-electron chi connectivity index (χ4n) is 1.57. The van der Waals surface area contributed by atoms with Crippen LogP contribution in [0.25, 0.3) is 0 Å². The Morgan fingerprint density at radius 3 is 2.40 bits per heavy atom. The summed E-state index contributed by atoms with van der Waals surface area (Å²) in [6.45, 7) is 6.12. The Morgan fingerprint density at radius 2 is 1.90 bits per heavy atom. The molecule has 1 atom stereocenters. The van der Waals surface area contributed by atoms with Crippen LogP contribution in [-0.4, -0.2) is 42.3 Å². The number of hydrogen-bond donors (Lipinski definition) is 3. The topological polar surface area (TPSA) is 105 Å². The average molecular weight is 288 g/mol. The van der Waals surface area contributed by atoms with Crippen molar-refractivity contribution in [3.8, 4) is 0 Å². The Bertz CT molecular complexity index is 331. The smallest absolute Gasteiger partial charge is 0.326 e. The SMILES string of the molecule is CCOC(=O)CCCNC(=O)N[C@H](CC(C)C)C(=O)O.